The zero-order valence-electron chi connectivity index (χ0n) is 24.1. The first-order valence-electron chi connectivity index (χ1n) is 15.2. The van der Waals surface area contributed by atoms with Crippen LogP contribution in [0.3, 0.4) is 0 Å². The standard InChI is InChI=1S/C28H52N3O7PS/c1-2-3-4-5-6-7-8-9-10-11-12-13-14-17-24(32)22(20-38-39(35,36)37)29-26(33)19-16-15-18-25-27-23(21-40-25)30-28(34)31-27/h14,17,22-25,27,32H,2-13,15-16,18-21H2,1H3,(H,29,33)(H2,30,31,34)(H2,35,36,37)/b17-14+/t22-,23+,24-,25+,27+/m1/s1. The van der Waals surface area contributed by atoms with Crippen molar-refractivity contribution in [3.63, 3.8) is 0 Å². The fourth-order valence-electron chi connectivity index (χ4n) is 5.25. The predicted molar refractivity (Wildman–Crippen MR) is 160 cm³/mol. The van der Waals surface area contributed by atoms with Crippen LogP contribution in [0.4, 0.5) is 4.79 Å². The van der Waals surface area contributed by atoms with E-state index in [0.717, 1.165) is 37.9 Å². The highest BCUT2D eigenvalue weighted by atomic mass is 32.2. The molecule has 6 N–H and O–H groups in total. The first-order valence-corrected chi connectivity index (χ1v) is 17.8. The van der Waals surface area contributed by atoms with Crippen molar-refractivity contribution in [2.24, 2.45) is 0 Å². The number of allylic oxidation sites excluding steroid dienone is 1. The minimum absolute atomic E-state index is 0.116. The number of carbonyl (C=O) groups excluding carboxylic acids is 2. The molecular formula is C28H52N3O7PS. The normalized spacial score (nSPS) is 22.2. The summed E-state index contributed by atoms with van der Waals surface area (Å²) in [6.07, 6.45) is 19.5. The molecule has 10 nitrogen and oxygen atoms in total. The molecule has 232 valence electrons. The van der Waals surface area contributed by atoms with Crippen LogP contribution in [-0.4, -0.2) is 68.7 Å². The van der Waals surface area contributed by atoms with Crippen molar-refractivity contribution in [2.45, 2.75) is 139 Å². The van der Waals surface area contributed by atoms with E-state index >= 15 is 0 Å². The Morgan fingerprint density at radius 2 is 1.70 bits per heavy atom. The van der Waals surface area contributed by atoms with Crippen molar-refractivity contribution >= 4 is 31.5 Å². The fourth-order valence-corrected chi connectivity index (χ4v) is 7.15. The van der Waals surface area contributed by atoms with Gasteiger partial charge in [0.1, 0.15) is 0 Å². The summed E-state index contributed by atoms with van der Waals surface area (Å²) in [5, 5.41) is 19.5. The third kappa shape index (κ3) is 15.2. The van der Waals surface area contributed by atoms with E-state index in [2.05, 4.69) is 27.4 Å². The molecule has 0 saturated carbocycles. The highest BCUT2D eigenvalue weighted by Crippen LogP contribution is 2.36. The number of aliphatic hydroxyl groups excluding tert-OH is 1. The topological polar surface area (TPSA) is 157 Å². The van der Waals surface area contributed by atoms with E-state index < -0.39 is 26.6 Å². The third-order valence-electron chi connectivity index (χ3n) is 7.57. The van der Waals surface area contributed by atoms with Gasteiger partial charge in [-0.15, -0.1) is 0 Å². The van der Waals surface area contributed by atoms with E-state index in [0.29, 0.717) is 11.7 Å². The van der Waals surface area contributed by atoms with Crippen molar-refractivity contribution in [1.82, 2.24) is 16.0 Å². The molecule has 0 unspecified atom stereocenters. The Labute approximate surface area is 244 Å². The summed E-state index contributed by atoms with van der Waals surface area (Å²) in [6, 6.07) is -0.771. The Hall–Kier alpha value is -1.10. The monoisotopic (exact) mass is 605 g/mol. The lowest BCUT2D eigenvalue weighted by molar-refractivity contribution is -0.123. The second-order valence-electron chi connectivity index (χ2n) is 11.1. The van der Waals surface area contributed by atoms with E-state index in [4.69, 9.17) is 9.79 Å². The van der Waals surface area contributed by atoms with Gasteiger partial charge in [-0.1, -0.05) is 89.7 Å². The number of phosphoric acid groups is 1. The smallest absolute Gasteiger partial charge is 0.387 e. The quantitative estimate of drug-likeness (QED) is 0.0415. The number of nitrogens with one attached hydrogen (secondary N) is 3. The number of rotatable bonds is 23. The molecule has 2 rings (SSSR count). The zero-order valence-corrected chi connectivity index (χ0v) is 25.8. The van der Waals surface area contributed by atoms with Gasteiger partial charge in [-0.25, -0.2) is 9.36 Å². The number of fused-ring (bicyclic) bond motifs is 1. The molecule has 0 aromatic heterocycles. The van der Waals surface area contributed by atoms with Gasteiger partial charge in [0.2, 0.25) is 5.91 Å². The van der Waals surface area contributed by atoms with Crippen LogP contribution < -0.4 is 16.0 Å². The van der Waals surface area contributed by atoms with Crippen molar-refractivity contribution in [2.75, 3.05) is 12.4 Å². The minimum Gasteiger partial charge on any atom is -0.387 e. The van der Waals surface area contributed by atoms with Crippen LogP contribution in [0.5, 0.6) is 0 Å². The van der Waals surface area contributed by atoms with Crippen LogP contribution in [0.2, 0.25) is 0 Å². The fraction of sp³-hybridized carbons (Fsp3) is 0.857. The SMILES string of the molecule is CCCCCCCCCCCCC/C=C/[C@@H](O)[C@@H](COP(=O)(O)O)NC(=O)CCCC[C@@H]1SC[C@@H]2NC(=O)N[C@@H]21. The molecule has 2 fully saturated rings. The molecule has 2 saturated heterocycles. The van der Waals surface area contributed by atoms with Crippen molar-refractivity contribution in [1.29, 1.82) is 0 Å². The van der Waals surface area contributed by atoms with Crippen molar-refractivity contribution < 1.29 is 33.6 Å². The van der Waals surface area contributed by atoms with Crippen LogP contribution >= 0.6 is 19.6 Å². The summed E-state index contributed by atoms with van der Waals surface area (Å²) in [4.78, 5) is 42.2. The Morgan fingerprint density at radius 1 is 1.05 bits per heavy atom. The van der Waals surface area contributed by atoms with Gasteiger partial charge in [0.05, 0.1) is 30.8 Å². The summed E-state index contributed by atoms with van der Waals surface area (Å²) in [6.45, 7) is 1.74. The van der Waals surface area contributed by atoms with Gasteiger partial charge in [0, 0.05) is 17.4 Å². The van der Waals surface area contributed by atoms with Crippen LogP contribution in [0.25, 0.3) is 0 Å². The number of phosphoric ester groups is 1. The van der Waals surface area contributed by atoms with Gasteiger partial charge >= 0.3 is 13.9 Å². The lowest BCUT2D eigenvalue weighted by atomic mass is 10.0. The molecule has 40 heavy (non-hydrogen) atoms. The summed E-state index contributed by atoms with van der Waals surface area (Å²) < 4.78 is 15.8. The Morgan fingerprint density at radius 3 is 2.35 bits per heavy atom. The van der Waals surface area contributed by atoms with Crippen molar-refractivity contribution in [3.05, 3.63) is 12.2 Å². The van der Waals surface area contributed by atoms with E-state index in [9.17, 15) is 19.3 Å². The van der Waals surface area contributed by atoms with Gasteiger partial charge < -0.3 is 30.8 Å². The second-order valence-corrected chi connectivity index (χ2v) is 13.6. The molecule has 0 aromatic rings. The summed E-state index contributed by atoms with van der Waals surface area (Å²) >= 11 is 1.83. The highest BCUT2D eigenvalue weighted by Gasteiger charge is 2.42. The lowest BCUT2D eigenvalue weighted by Gasteiger charge is -2.22. The largest absolute Gasteiger partial charge is 0.469 e. The second kappa shape index (κ2) is 19.9. The maximum atomic E-state index is 12.5. The number of thioether (sulfide) groups is 1. The third-order valence-corrected chi connectivity index (χ3v) is 9.56. The lowest BCUT2D eigenvalue weighted by Crippen LogP contribution is -2.45. The molecule has 2 aliphatic heterocycles. The Kier molecular flexibility index (Phi) is 17.5. The molecule has 3 amide bonds. The van der Waals surface area contributed by atoms with Crippen molar-refractivity contribution in [3.8, 4) is 0 Å². The van der Waals surface area contributed by atoms with E-state index in [1.54, 1.807) is 6.08 Å². The average Bonchev–Trinajstić information content (AvgIpc) is 3.45. The van der Waals surface area contributed by atoms with E-state index in [1.165, 1.54) is 57.8 Å². The van der Waals surface area contributed by atoms with Gasteiger partial charge in [0.25, 0.3) is 0 Å². The highest BCUT2D eigenvalue weighted by molar-refractivity contribution is 8.00. The number of carbonyl (C=O) groups is 2. The van der Waals surface area contributed by atoms with E-state index in [-0.39, 0.29) is 30.4 Å². The molecular weight excluding hydrogens is 553 g/mol. The number of urea groups is 1. The number of hydrogen-bond donors (Lipinski definition) is 6. The number of amides is 3. The average molecular weight is 606 g/mol. The predicted octanol–water partition coefficient (Wildman–Crippen LogP) is 4.92. The van der Waals surface area contributed by atoms with Gasteiger partial charge in [0.15, 0.2) is 0 Å². The number of unbranched alkanes of at least 4 members (excludes halogenated alkanes) is 12. The zero-order chi connectivity index (χ0) is 29.2. The molecule has 0 spiro atoms. The molecule has 0 radical (unpaired) electrons. The molecule has 0 aromatic carbocycles. The number of aliphatic hydroxyl groups is 1. The van der Waals surface area contributed by atoms with Gasteiger partial charge in [-0.05, 0) is 25.7 Å². The first kappa shape index (κ1) is 35.1. The summed E-state index contributed by atoms with van der Waals surface area (Å²) in [7, 11) is -4.74. The van der Waals surface area contributed by atoms with Crippen LogP contribution in [0.15, 0.2) is 12.2 Å². The van der Waals surface area contributed by atoms with Gasteiger partial charge in [-0.3, -0.25) is 9.32 Å². The molecule has 0 bridgehead atoms. The molecule has 12 heteroatoms. The van der Waals surface area contributed by atoms with Crippen LogP contribution in [0, 0.1) is 0 Å². The number of hydrogen-bond acceptors (Lipinski definition) is 6. The van der Waals surface area contributed by atoms with Gasteiger partial charge in [-0.2, -0.15) is 11.8 Å². The maximum absolute atomic E-state index is 12.5. The minimum atomic E-state index is -4.74. The first-order chi connectivity index (χ1) is 19.2. The summed E-state index contributed by atoms with van der Waals surface area (Å²) in [5.74, 6) is 0.588. The Balaban J connectivity index is 1.61. The molecule has 2 heterocycles. The molecule has 2 aliphatic rings. The van der Waals surface area contributed by atoms with E-state index in [1.807, 2.05) is 17.8 Å². The van der Waals surface area contributed by atoms with Crippen LogP contribution in [0.1, 0.15) is 110 Å². The summed E-state index contributed by atoms with van der Waals surface area (Å²) in [5.41, 5.74) is 0. The molecule has 5 atom stereocenters. The maximum Gasteiger partial charge on any atom is 0.469 e. The Bertz CT molecular complexity index is 813. The van der Waals surface area contributed by atoms with Crippen LogP contribution in [-0.2, 0) is 13.9 Å². The molecule has 0 aliphatic carbocycles.